The molecule has 0 fully saturated rings. The lowest BCUT2D eigenvalue weighted by Crippen LogP contribution is -2.39. The van der Waals surface area contributed by atoms with Crippen molar-refractivity contribution in [2.45, 2.75) is 34.6 Å². The van der Waals surface area contributed by atoms with Crippen molar-refractivity contribution in [1.82, 2.24) is 20.7 Å². The quantitative estimate of drug-likeness (QED) is 0.302. The zero-order valence-corrected chi connectivity index (χ0v) is 19.9. The van der Waals surface area contributed by atoms with Crippen molar-refractivity contribution < 1.29 is 4.79 Å². The Hall–Kier alpha value is -2.59. The van der Waals surface area contributed by atoms with Gasteiger partial charge in [0.2, 0.25) is 5.91 Å². The van der Waals surface area contributed by atoms with Crippen molar-refractivity contribution in [3.05, 3.63) is 35.4 Å². The number of nitrogens with two attached hydrogens (primary N) is 1. The molecule has 8 nitrogen and oxygen atoms in total. The number of nitrogens with zero attached hydrogens (tertiary/aromatic N) is 4. The van der Waals surface area contributed by atoms with Gasteiger partial charge in [-0.3, -0.25) is 15.6 Å². The Labute approximate surface area is 189 Å². The van der Waals surface area contributed by atoms with Crippen LogP contribution in [-0.2, 0) is 0 Å². The van der Waals surface area contributed by atoms with Gasteiger partial charge in [0.25, 0.3) is 0 Å². The van der Waals surface area contributed by atoms with Crippen LogP contribution in [0.3, 0.4) is 0 Å². The van der Waals surface area contributed by atoms with E-state index in [1.807, 2.05) is 44.4 Å². The van der Waals surface area contributed by atoms with Crippen molar-refractivity contribution in [1.29, 1.82) is 0 Å². The number of nitrogens with one attached hydrogen (secondary N) is 2. The Balaban J connectivity index is 3.20. The van der Waals surface area contributed by atoms with E-state index >= 15 is 0 Å². The number of carbonyl (C=O) groups is 1. The minimum atomic E-state index is -0.488. The molecule has 1 aromatic rings. The molecule has 0 saturated carbocycles. The Morgan fingerprint density at radius 2 is 1.27 bits per heavy atom. The molecule has 164 valence electrons. The Morgan fingerprint density at radius 3 is 1.67 bits per heavy atom. The van der Waals surface area contributed by atoms with Crippen LogP contribution in [0, 0.1) is 0 Å². The van der Waals surface area contributed by atoms with Gasteiger partial charge in [0, 0.05) is 37.3 Å². The number of amides is 1. The highest BCUT2D eigenvalue weighted by atomic mass is 32.1. The van der Waals surface area contributed by atoms with E-state index in [9.17, 15) is 4.79 Å². The maximum Gasteiger partial charge on any atom is 0.248 e. The molecule has 0 radical (unpaired) electrons. The van der Waals surface area contributed by atoms with Gasteiger partial charge in [-0.15, -0.1) is 0 Å². The van der Waals surface area contributed by atoms with Gasteiger partial charge in [0.05, 0.1) is 5.71 Å². The van der Waals surface area contributed by atoms with Gasteiger partial charge in [0.15, 0.2) is 10.2 Å². The molecule has 10 heteroatoms. The van der Waals surface area contributed by atoms with E-state index < -0.39 is 5.91 Å². The largest absolute Gasteiger partial charge is 0.366 e. The molecule has 0 bridgehead atoms. The van der Waals surface area contributed by atoms with E-state index in [1.165, 1.54) is 0 Å². The minimum absolute atomic E-state index is 0.417. The van der Waals surface area contributed by atoms with E-state index in [0.717, 1.165) is 31.7 Å². The molecule has 0 heterocycles. The first kappa shape index (κ1) is 25.4. The zero-order chi connectivity index (χ0) is 22.7. The molecule has 1 amide bonds. The second-order valence-corrected chi connectivity index (χ2v) is 7.05. The normalized spacial score (nSPS) is 11.6. The van der Waals surface area contributed by atoms with Gasteiger partial charge in [-0.1, -0.05) is 12.1 Å². The summed E-state index contributed by atoms with van der Waals surface area (Å²) in [6.07, 6.45) is 0. The van der Waals surface area contributed by atoms with Crippen LogP contribution >= 0.6 is 24.4 Å². The van der Waals surface area contributed by atoms with Crippen LogP contribution in [0.2, 0.25) is 0 Å². The molecule has 0 aliphatic carbocycles. The first-order valence-corrected chi connectivity index (χ1v) is 10.7. The first-order valence-electron chi connectivity index (χ1n) is 9.91. The van der Waals surface area contributed by atoms with Crippen molar-refractivity contribution in [2.75, 3.05) is 26.2 Å². The number of hydrogen-bond donors (Lipinski definition) is 3. The van der Waals surface area contributed by atoms with Crippen molar-refractivity contribution >= 4 is 52.0 Å². The number of carbonyl (C=O) groups excluding carboxylic acids is 1. The molecule has 1 aromatic carbocycles. The predicted octanol–water partition coefficient (Wildman–Crippen LogP) is 2.30. The van der Waals surface area contributed by atoms with Crippen molar-refractivity contribution in [3.8, 4) is 0 Å². The van der Waals surface area contributed by atoms with Gasteiger partial charge in [0.1, 0.15) is 5.71 Å². The molecule has 0 aromatic heterocycles. The summed E-state index contributed by atoms with van der Waals surface area (Å²) >= 11 is 10.8. The van der Waals surface area contributed by atoms with Gasteiger partial charge < -0.3 is 15.5 Å². The summed E-state index contributed by atoms with van der Waals surface area (Å²) in [4.78, 5) is 15.3. The maximum atomic E-state index is 11.4. The lowest BCUT2D eigenvalue weighted by atomic mass is 10.0. The number of primary amides is 1. The summed E-state index contributed by atoms with van der Waals surface area (Å²) in [6.45, 7) is 13.0. The fourth-order valence-corrected chi connectivity index (χ4v) is 3.21. The fraction of sp³-hybridized carbons (Fsp3) is 0.450. The fourth-order valence-electron chi connectivity index (χ4n) is 2.60. The maximum absolute atomic E-state index is 11.4. The topological polar surface area (TPSA) is 98.3 Å². The highest BCUT2D eigenvalue weighted by Gasteiger charge is 2.12. The van der Waals surface area contributed by atoms with Gasteiger partial charge in [-0.2, -0.15) is 10.2 Å². The summed E-state index contributed by atoms with van der Waals surface area (Å²) in [6, 6.07) is 6.83. The van der Waals surface area contributed by atoms with E-state index in [2.05, 4.69) is 21.1 Å². The highest BCUT2D eigenvalue weighted by molar-refractivity contribution is 7.80. The standard InChI is InChI=1S/C20H31N7OS2/c1-6-26(7-2)19(29)24-22-14(5)17(23-25-20(30)27(8-3)9-4)15-10-12-16(13-11-15)18(21)28/h10-13H,6-9H2,1-5H3,(H2,21,28)(H,24,29)(H,25,30). The Bertz CT molecular complexity index is 798. The van der Waals surface area contributed by atoms with Gasteiger partial charge >= 0.3 is 0 Å². The molecule has 4 N–H and O–H groups in total. The second kappa shape index (κ2) is 12.9. The number of thiocarbonyl (C=S) groups is 2. The summed E-state index contributed by atoms with van der Waals surface area (Å²) < 4.78 is 0. The summed E-state index contributed by atoms with van der Waals surface area (Å²) in [5.74, 6) is -0.488. The zero-order valence-electron chi connectivity index (χ0n) is 18.2. The number of rotatable bonds is 9. The van der Waals surface area contributed by atoms with E-state index in [0.29, 0.717) is 27.2 Å². The smallest absolute Gasteiger partial charge is 0.248 e. The first-order chi connectivity index (χ1) is 14.3. The van der Waals surface area contributed by atoms with Crippen LogP contribution < -0.4 is 16.6 Å². The second-order valence-electron chi connectivity index (χ2n) is 6.28. The Kier molecular flexibility index (Phi) is 10.9. The number of benzene rings is 1. The Morgan fingerprint density at radius 1 is 0.867 bits per heavy atom. The third kappa shape index (κ3) is 7.34. The van der Waals surface area contributed by atoms with Crippen molar-refractivity contribution in [2.24, 2.45) is 15.9 Å². The van der Waals surface area contributed by atoms with Crippen LogP contribution in [-0.4, -0.2) is 63.5 Å². The number of hydrogen-bond acceptors (Lipinski definition) is 5. The number of hydrazone groups is 2. The third-order valence-electron chi connectivity index (χ3n) is 4.47. The van der Waals surface area contributed by atoms with Gasteiger partial charge in [-0.05, 0) is 71.2 Å². The molecule has 0 unspecified atom stereocenters. The van der Waals surface area contributed by atoms with Gasteiger partial charge in [-0.25, -0.2) is 0 Å². The monoisotopic (exact) mass is 449 g/mol. The molecule has 1 rings (SSSR count). The molecular weight excluding hydrogens is 418 g/mol. The van der Waals surface area contributed by atoms with Crippen molar-refractivity contribution in [3.63, 3.8) is 0 Å². The van der Waals surface area contributed by atoms with Crippen LogP contribution in [0.5, 0.6) is 0 Å². The van der Waals surface area contributed by atoms with Crippen LogP contribution in [0.1, 0.15) is 50.5 Å². The third-order valence-corrected chi connectivity index (χ3v) is 5.17. The predicted molar refractivity (Wildman–Crippen MR) is 132 cm³/mol. The molecule has 0 atom stereocenters. The average Bonchev–Trinajstić information content (AvgIpc) is 2.74. The van der Waals surface area contributed by atoms with E-state index in [-0.39, 0.29) is 0 Å². The molecule has 0 aliphatic rings. The SMILES string of the molecule is CCN(CC)C(=S)NN=C(C)C(=NNC(=S)N(CC)CC)c1ccc(C(N)=O)cc1. The molecule has 0 saturated heterocycles. The summed E-state index contributed by atoms with van der Waals surface area (Å²) in [7, 11) is 0. The minimum Gasteiger partial charge on any atom is -0.366 e. The summed E-state index contributed by atoms with van der Waals surface area (Å²) in [5.41, 5.74) is 13.5. The molecule has 30 heavy (non-hydrogen) atoms. The summed E-state index contributed by atoms with van der Waals surface area (Å²) in [5, 5.41) is 9.95. The molecule has 0 spiro atoms. The van der Waals surface area contributed by atoms with E-state index in [4.69, 9.17) is 30.2 Å². The molecular formula is C20H31N7OS2. The van der Waals surface area contributed by atoms with Crippen LogP contribution in [0.25, 0.3) is 0 Å². The lowest BCUT2D eigenvalue weighted by Gasteiger charge is -2.21. The molecule has 0 aliphatic heterocycles. The van der Waals surface area contributed by atoms with E-state index in [1.54, 1.807) is 24.3 Å². The van der Waals surface area contributed by atoms with Crippen LogP contribution in [0.15, 0.2) is 34.5 Å². The van der Waals surface area contributed by atoms with Crippen LogP contribution in [0.4, 0.5) is 0 Å². The lowest BCUT2D eigenvalue weighted by molar-refractivity contribution is 0.100. The average molecular weight is 450 g/mol. The highest BCUT2D eigenvalue weighted by Crippen LogP contribution is 2.07.